The number of hydrogen-bond donors (Lipinski definition) is 1. The fraction of sp³-hybridized carbons (Fsp3) is 0.167. The van der Waals surface area contributed by atoms with Crippen LogP contribution in [0.1, 0.15) is 5.69 Å². The molecule has 0 saturated heterocycles. The van der Waals surface area contributed by atoms with Crippen LogP contribution in [0.2, 0.25) is 0 Å². The van der Waals surface area contributed by atoms with Crippen molar-refractivity contribution in [2.75, 3.05) is 0 Å². The Morgan fingerprint density at radius 3 is 2.36 bits per heavy atom. The number of aromatic nitrogens is 1. The van der Waals surface area contributed by atoms with Gasteiger partial charge in [-0.05, 0) is 19.1 Å². The lowest BCUT2D eigenvalue weighted by Gasteiger charge is -1.85. The number of aryl methyl sites for hydroxylation is 1. The standard InChI is InChI=1S/C6H7N.H3NO2S/c1-6-4-2-3-5-7-6;1-4(2)3/h2-5H,1H3;1H2,(H,2,3)/p-1. The second-order valence-corrected chi connectivity index (χ2v) is 2.25. The molecule has 0 spiro atoms. The van der Waals surface area contributed by atoms with Crippen LogP contribution in [0.5, 0.6) is 0 Å². The summed E-state index contributed by atoms with van der Waals surface area (Å²) in [4.78, 5) is 3.98. The van der Waals surface area contributed by atoms with E-state index in [1.54, 1.807) is 6.20 Å². The molecule has 0 aliphatic carbocycles. The summed E-state index contributed by atoms with van der Waals surface area (Å²) in [6.45, 7) is 1.97. The Labute approximate surface area is 67.9 Å². The highest BCUT2D eigenvalue weighted by Gasteiger charge is 1.73. The quantitative estimate of drug-likeness (QED) is 0.566. The van der Waals surface area contributed by atoms with E-state index in [1.807, 2.05) is 25.1 Å². The molecule has 1 aromatic rings. The van der Waals surface area contributed by atoms with Crippen LogP contribution in [-0.2, 0) is 11.3 Å². The molecule has 1 heterocycles. The van der Waals surface area contributed by atoms with Crippen LogP contribution in [0.25, 0.3) is 0 Å². The lowest BCUT2D eigenvalue weighted by molar-refractivity contribution is 0.539. The fourth-order valence-electron chi connectivity index (χ4n) is 0.448. The van der Waals surface area contributed by atoms with Gasteiger partial charge in [-0.1, -0.05) is 6.07 Å². The molecule has 4 nitrogen and oxygen atoms in total. The van der Waals surface area contributed by atoms with Crippen molar-refractivity contribution in [3.05, 3.63) is 30.1 Å². The number of rotatable bonds is 0. The van der Waals surface area contributed by atoms with Crippen LogP contribution >= 0.6 is 0 Å². The van der Waals surface area contributed by atoms with Crippen molar-refractivity contribution < 1.29 is 8.76 Å². The number of pyridine rings is 1. The summed E-state index contributed by atoms with van der Waals surface area (Å²) in [5.41, 5.74) is 1.07. The monoisotopic (exact) mass is 173 g/mol. The third-order valence-electron chi connectivity index (χ3n) is 0.813. The maximum Gasteiger partial charge on any atom is 0.0372 e. The van der Waals surface area contributed by atoms with Gasteiger partial charge in [0.2, 0.25) is 0 Å². The first-order valence-corrected chi connectivity index (χ1v) is 3.98. The largest absolute Gasteiger partial charge is 0.760 e. The average molecular weight is 173 g/mol. The van der Waals surface area contributed by atoms with E-state index in [1.165, 1.54) is 0 Å². The molecule has 0 fully saturated rings. The van der Waals surface area contributed by atoms with Crippen LogP contribution in [0.4, 0.5) is 0 Å². The molecule has 1 rings (SSSR count). The van der Waals surface area contributed by atoms with E-state index in [-0.39, 0.29) is 0 Å². The minimum atomic E-state index is -2.36. The molecule has 1 aromatic heterocycles. The predicted octanol–water partition coefficient (Wildman–Crippen LogP) is 0.129. The van der Waals surface area contributed by atoms with Crippen molar-refractivity contribution in [1.29, 1.82) is 0 Å². The van der Waals surface area contributed by atoms with Crippen molar-refractivity contribution in [2.24, 2.45) is 5.14 Å². The lowest BCUT2D eigenvalue weighted by atomic mass is 10.4. The Bertz CT molecular complexity index is 211. The van der Waals surface area contributed by atoms with Gasteiger partial charge in [0, 0.05) is 23.2 Å². The van der Waals surface area contributed by atoms with E-state index < -0.39 is 11.3 Å². The summed E-state index contributed by atoms with van der Waals surface area (Å²) in [6.07, 6.45) is 1.79. The first-order chi connectivity index (χ1) is 5.13. The SMILES string of the molecule is Cc1ccccn1.NS(=O)[O-]. The second kappa shape index (κ2) is 5.96. The third kappa shape index (κ3) is 9.22. The van der Waals surface area contributed by atoms with Crippen molar-refractivity contribution in [2.45, 2.75) is 6.92 Å². The molecule has 0 aliphatic heterocycles. The molecule has 62 valence electrons. The second-order valence-electron chi connectivity index (χ2n) is 1.73. The highest BCUT2D eigenvalue weighted by molar-refractivity contribution is 7.76. The zero-order valence-corrected chi connectivity index (χ0v) is 6.88. The zero-order valence-electron chi connectivity index (χ0n) is 6.06. The molecule has 0 saturated carbocycles. The van der Waals surface area contributed by atoms with Gasteiger partial charge in [0.05, 0.1) is 0 Å². The minimum absolute atomic E-state index is 1.07. The van der Waals surface area contributed by atoms with Crippen LogP contribution in [0.15, 0.2) is 24.4 Å². The van der Waals surface area contributed by atoms with E-state index in [4.69, 9.17) is 8.76 Å². The van der Waals surface area contributed by atoms with Gasteiger partial charge in [0.1, 0.15) is 0 Å². The maximum absolute atomic E-state index is 8.78. The molecule has 1 atom stereocenters. The van der Waals surface area contributed by atoms with Crippen molar-refractivity contribution in [1.82, 2.24) is 4.98 Å². The Morgan fingerprint density at radius 2 is 2.18 bits per heavy atom. The van der Waals surface area contributed by atoms with Crippen molar-refractivity contribution in [3.8, 4) is 0 Å². The molecule has 0 aliphatic rings. The van der Waals surface area contributed by atoms with E-state index in [9.17, 15) is 0 Å². The van der Waals surface area contributed by atoms with E-state index in [0.29, 0.717) is 0 Å². The number of hydrogen-bond acceptors (Lipinski definition) is 3. The molecular weight excluding hydrogens is 164 g/mol. The van der Waals surface area contributed by atoms with Crippen molar-refractivity contribution in [3.63, 3.8) is 0 Å². The molecule has 0 amide bonds. The summed E-state index contributed by atoms with van der Waals surface area (Å²) >= 11 is -2.36. The summed E-state index contributed by atoms with van der Waals surface area (Å²) in [5, 5.41) is 4.03. The fourth-order valence-corrected chi connectivity index (χ4v) is 0.448. The van der Waals surface area contributed by atoms with Crippen LogP contribution in [0.3, 0.4) is 0 Å². The smallest absolute Gasteiger partial charge is 0.0372 e. The Balaban J connectivity index is 0.000000218. The van der Waals surface area contributed by atoms with Gasteiger partial charge in [-0.15, -0.1) is 0 Å². The Kier molecular flexibility index (Phi) is 5.54. The van der Waals surface area contributed by atoms with Crippen molar-refractivity contribution >= 4 is 11.3 Å². The third-order valence-corrected chi connectivity index (χ3v) is 0.813. The van der Waals surface area contributed by atoms with Gasteiger partial charge in [-0.25, -0.2) is 0 Å². The maximum atomic E-state index is 8.78. The molecular formula is C6H9N2O2S-. The molecule has 5 heteroatoms. The Hall–Kier alpha value is -0.780. The molecule has 1 unspecified atom stereocenters. The van der Waals surface area contributed by atoms with Gasteiger partial charge < -0.3 is 4.55 Å². The number of nitrogens with two attached hydrogens (primary N) is 1. The molecule has 0 radical (unpaired) electrons. The van der Waals surface area contributed by atoms with Gasteiger partial charge in [-0.2, -0.15) is 0 Å². The molecule has 11 heavy (non-hydrogen) atoms. The molecule has 2 N–H and O–H groups in total. The van der Waals surface area contributed by atoms with E-state index in [0.717, 1.165) is 5.69 Å². The lowest BCUT2D eigenvalue weighted by Crippen LogP contribution is -1.97. The van der Waals surface area contributed by atoms with Gasteiger partial charge in [-0.3, -0.25) is 14.3 Å². The minimum Gasteiger partial charge on any atom is -0.760 e. The van der Waals surface area contributed by atoms with Crippen LogP contribution < -0.4 is 5.14 Å². The summed E-state index contributed by atoms with van der Waals surface area (Å²) in [6, 6.07) is 5.86. The van der Waals surface area contributed by atoms with Gasteiger partial charge >= 0.3 is 0 Å². The average Bonchev–Trinajstić information content (AvgIpc) is 1.87. The highest BCUT2D eigenvalue weighted by Crippen LogP contribution is 1.85. The van der Waals surface area contributed by atoms with Crippen LogP contribution in [0, 0.1) is 6.92 Å². The van der Waals surface area contributed by atoms with E-state index >= 15 is 0 Å². The summed E-state index contributed by atoms with van der Waals surface area (Å²) in [7, 11) is 0. The number of nitrogens with zero attached hydrogens (tertiary/aromatic N) is 1. The first-order valence-electron chi connectivity index (χ1n) is 2.84. The molecule has 0 bridgehead atoms. The Morgan fingerprint density at radius 1 is 1.64 bits per heavy atom. The predicted molar refractivity (Wildman–Crippen MR) is 42.1 cm³/mol. The topological polar surface area (TPSA) is 79.0 Å². The van der Waals surface area contributed by atoms with Gasteiger partial charge in [0.15, 0.2) is 0 Å². The normalized spacial score (nSPS) is 11.2. The summed E-state index contributed by atoms with van der Waals surface area (Å²) in [5.74, 6) is 0. The summed E-state index contributed by atoms with van der Waals surface area (Å²) < 4.78 is 17.6. The van der Waals surface area contributed by atoms with Crippen LogP contribution in [-0.4, -0.2) is 13.7 Å². The molecule has 0 aromatic carbocycles. The van der Waals surface area contributed by atoms with E-state index in [2.05, 4.69) is 10.1 Å². The van der Waals surface area contributed by atoms with Gasteiger partial charge in [0.25, 0.3) is 0 Å². The first kappa shape index (κ1) is 10.2. The zero-order chi connectivity index (χ0) is 8.69. The highest BCUT2D eigenvalue weighted by atomic mass is 32.2.